The number of aromatic carboxylic acids is 1. The van der Waals surface area contributed by atoms with Crippen molar-refractivity contribution in [2.24, 2.45) is 0 Å². The van der Waals surface area contributed by atoms with E-state index in [0.717, 1.165) is 6.26 Å². The number of aryl methyl sites for hydroxylation is 1. The Labute approximate surface area is 128 Å². The summed E-state index contributed by atoms with van der Waals surface area (Å²) in [6, 6.07) is 1.25. The molecule has 0 unspecified atom stereocenters. The number of sulfonamides is 1. The lowest BCUT2D eigenvalue weighted by Gasteiger charge is -2.22. The third kappa shape index (κ3) is 4.02. The molecule has 0 spiro atoms. The molecule has 0 bridgehead atoms. The van der Waals surface area contributed by atoms with E-state index in [-0.39, 0.29) is 15.6 Å². The predicted octanol–water partition coefficient (Wildman–Crippen LogP) is 0.856. The molecule has 1 heterocycles. The van der Waals surface area contributed by atoms with Crippen molar-refractivity contribution in [1.29, 1.82) is 0 Å². The fraction of sp³-hybridized carbons (Fsp3) is 0.545. The molecule has 0 atom stereocenters. The quantitative estimate of drug-likeness (QED) is 0.781. The molecule has 120 valence electrons. The molecule has 21 heavy (non-hydrogen) atoms. The van der Waals surface area contributed by atoms with Gasteiger partial charge in [0.05, 0.1) is 4.75 Å². The number of carbonyl (C=O) groups is 1. The highest BCUT2D eigenvalue weighted by Gasteiger charge is 2.32. The van der Waals surface area contributed by atoms with Crippen molar-refractivity contribution in [3.05, 3.63) is 16.5 Å². The van der Waals surface area contributed by atoms with Crippen LogP contribution in [0.15, 0.2) is 10.3 Å². The molecule has 0 amide bonds. The lowest BCUT2D eigenvalue weighted by atomic mass is 10.2. The lowest BCUT2D eigenvalue weighted by molar-refractivity contribution is 0.0701. The number of carboxylic acid groups (broad SMARTS) is 1. The number of thiophene rings is 1. The number of nitrogens with one attached hydrogen (secondary N) is 1. The molecule has 1 rings (SSSR count). The van der Waals surface area contributed by atoms with Crippen molar-refractivity contribution in [2.45, 2.75) is 29.7 Å². The van der Waals surface area contributed by atoms with Crippen LogP contribution in [0.1, 0.15) is 29.1 Å². The van der Waals surface area contributed by atoms with Gasteiger partial charge >= 0.3 is 5.97 Å². The molecule has 0 radical (unpaired) electrons. The Kier molecular flexibility index (Phi) is 4.88. The van der Waals surface area contributed by atoms with Crippen molar-refractivity contribution in [2.75, 3.05) is 12.8 Å². The largest absolute Gasteiger partial charge is 0.477 e. The number of carboxylic acids is 1. The molecule has 1 aromatic heterocycles. The molecule has 0 aliphatic heterocycles. The lowest BCUT2D eigenvalue weighted by Crippen LogP contribution is -2.43. The zero-order valence-corrected chi connectivity index (χ0v) is 14.4. The highest BCUT2D eigenvalue weighted by atomic mass is 32.2. The van der Waals surface area contributed by atoms with Gasteiger partial charge in [0.15, 0.2) is 9.84 Å². The van der Waals surface area contributed by atoms with Gasteiger partial charge in [0, 0.05) is 12.8 Å². The minimum absolute atomic E-state index is 0.0576. The molecule has 1 aromatic rings. The zero-order chi connectivity index (χ0) is 16.6. The van der Waals surface area contributed by atoms with Crippen LogP contribution in [-0.2, 0) is 19.9 Å². The summed E-state index contributed by atoms with van der Waals surface area (Å²) in [5, 5.41) is 8.93. The molecule has 2 N–H and O–H groups in total. The molecule has 0 aliphatic carbocycles. The Morgan fingerprint density at radius 3 is 2.24 bits per heavy atom. The highest BCUT2D eigenvalue weighted by Crippen LogP contribution is 2.26. The molecule has 10 heteroatoms. The first-order valence-corrected chi connectivity index (χ1v) is 10.00. The van der Waals surface area contributed by atoms with Crippen LogP contribution < -0.4 is 4.72 Å². The maximum atomic E-state index is 12.1. The standard InChI is InChI=1S/C11H17NO6S3/c1-7-5-8(19-9(7)10(13)14)21(17,18)12-6-11(2,3)20(4,15)16/h5,12H,6H2,1-4H3,(H,13,14). The van der Waals surface area contributed by atoms with Crippen molar-refractivity contribution in [3.63, 3.8) is 0 Å². The van der Waals surface area contributed by atoms with E-state index < -0.39 is 30.6 Å². The number of hydrogen-bond donors (Lipinski definition) is 2. The van der Waals surface area contributed by atoms with Crippen LogP contribution in [-0.4, -0.2) is 45.5 Å². The number of hydrogen-bond acceptors (Lipinski definition) is 6. The van der Waals surface area contributed by atoms with Gasteiger partial charge < -0.3 is 5.11 Å². The molecule has 0 saturated heterocycles. The molecular weight excluding hydrogens is 338 g/mol. The van der Waals surface area contributed by atoms with Crippen molar-refractivity contribution < 1.29 is 26.7 Å². The Hall–Kier alpha value is -0.970. The minimum Gasteiger partial charge on any atom is -0.477 e. The second-order valence-corrected chi connectivity index (χ2v) is 10.9. The van der Waals surface area contributed by atoms with Crippen LogP contribution >= 0.6 is 11.3 Å². The summed E-state index contributed by atoms with van der Waals surface area (Å²) >= 11 is 0.633. The topological polar surface area (TPSA) is 118 Å². The van der Waals surface area contributed by atoms with E-state index in [1.807, 2.05) is 0 Å². The molecule has 0 fully saturated rings. The van der Waals surface area contributed by atoms with Crippen LogP contribution in [0.4, 0.5) is 0 Å². The summed E-state index contributed by atoms with van der Waals surface area (Å²) in [6.07, 6.45) is 1.03. The normalized spacial score (nSPS) is 13.3. The second kappa shape index (κ2) is 5.67. The summed E-state index contributed by atoms with van der Waals surface area (Å²) in [5.41, 5.74) is 0.343. The monoisotopic (exact) mass is 355 g/mol. The van der Waals surface area contributed by atoms with Gasteiger partial charge in [-0.1, -0.05) is 0 Å². The Morgan fingerprint density at radius 2 is 1.86 bits per heavy atom. The smallest absolute Gasteiger partial charge is 0.346 e. The van der Waals surface area contributed by atoms with Crippen molar-refractivity contribution >= 4 is 37.2 Å². The van der Waals surface area contributed by atoms with Gasteiger partial charge in [-0.3, -0.25) is 0 Å². The number of sulfone groups is 1. The van der Waals surface area contributed by atoms with E-state index in [2.05, 4.69) is 4.72 Å². The van der Waals surface area contributed by atoms with Crippen molar-refractivity contribution in [1.82, 2.24) is 4.72 Å². The van der Waals surface area contributed by atoms with Crippen LogP contribution in [0.5, 0.6) is 0 Å². The van der Waals surface area contributed by atoms with Gasteiger partial charge in [-0.25, -0.2) is 26.4 Å². The van der Waals surface area contributed by atoms with Gasteiger partial charge in [0.25, 0.3) is 0 Å². The summed E-state index contributed by atoms with van der Waals surface area (Å²) in [6.45, 7) is 4.02. The van der Waals surface area contributed by atoms with Gasteiger partial charge in [-0.15, -0.1) is 11.3 Å². The van der Waals surface area contributed by atoms with Gasteiger partial charge in [-0.2, -0.15) is 0 Å². The third-order valence-corrected chi connectivity index (χ3v) is 8.30. The van der Waals surface area contributed by atoms with Gasteiger partial charge in [-0.05, 0) is 32.4 Å². The number of rotatable bonds is 6. The molecule has 7 nitrogen and oxygen atoms in total. The first-order valence-electron chi connectivity index (χ1n) is 5.81. The van der Waals surface area contributed by atoms with E-state index in [0.29, 0.717) is 16.9 Å². The predicted molar refractivity (Wildman–Crippen MR) is 80.1 cm³/mol. The first-order chi connectivity index (χ1) is 9.28. The van der Waals surface area contributed by atoms with Crippen LogP contribution in [0, 0.1) is 6.92 Å². The Morgan fingerprint density at radius 1 is 1.33 bits per heavy atom. The van der Waals surface area contributed by atoms with Crippen LogP contribution in [0.2, 0.25) is 0 Å². The molecular formula is C11H17NO6S3. The fourth-order valence-corrected chi connectivity index (χ4v) is 4.33. The molecule has 0 aliphatic rings. The molecule has 0 aromatic carbocycles. The third-order valence-electron chi connectivity index (χ3n) is 3.05. The summed E-state index contributed by atoms with van der Waals surface area (Å²) in [7, 11) is -7.39. The summed E-state index contributed by atoms with van der Waals surface area (Å²) < 4.78 is 48.1. The average Bonchev–Trinajstić information content (AvgIpc) is 2.68. The second-order valence-electron chi connectivity index (χ2n) is 5.24. The molecule has 0 saturated carbocycles. The SMILES string of the molecule is Cc1cc(S(=O)(=O)NCC(C)(C)S(C)(=O)=O)sc1C(=O)O. The van der Waals surface area contributed by atoms with E-state index in [4.69, 9.17) is 5.11 Å². The fourth-order valence-electron chi connectivity index (χ4n) is 1.27. The Balaban J connectivity index is 3.04. The van der Waals surface area contributed by atoms with E-state index >= 15 is 0 Å². The van der Waals surface area contributed by atoms with Crippen LogP contribution in [0.3, 0.4) is 0 Å². The summed E-state index contributed by atoms with van der Waals surface area (Å²) in [4.78, 5) is 10.9. The van der Waals surface area contributed by atoms with E-state index in [1.54, 1.807) is 0 Å². The zero-order valence-electron chi connectivity index (χ0n) is 12.0. The van der Waals surface area contributed by atoms with E-state index in [9.17, 15) is 21.6 Å². The van der Waals surface area contributed by atoms with E-state index in [1.165, 1.54) is 26.8 Å². The van der Waals surface area contributed by atoms with Gasteiger partial charge in [0.1, 0.15) is 9.09 Å². The Bertz CT molecular complexity index is 758. The highest BCUT2D eigenvalue weighted by molar-refractivity contribution is 7.92. The van der Waals surface area contributed by atoms with Crippen molar-refractivity contribution in [3.8, 4) is 0 Å². The first kappa shape index (κ1) is 18.1. The average molecular weight is 355 g/mol. The minimum atomic E-state index is -3.95. The van der Waals surface area contributed by atoms with Gasteiger partial charge in [0.2, 0.25) is 10.0 Å². The van der Waals surface area contributed by atoms with Crippen LogP contribution in [0.25, 0.3) is 0 Å². The summed E-state index contributed by atoms with van der Waals surface area (Å²) in [5.74, 6) is -1.20. The maximum Gasteiger partial charge on any atom is 0.346 e. The maximum absolute atomic E-state index is 12.1.